The van der Waals surface area contributed by atoms with Crippen molar-refractivity contribution in [2.75, 3.05) is 0 Å². The fourth-order valence-corrected chi connectivity index (χ4v) is 2.17. The number of pyridine rings is 1. The van der Waals surface area contributed by atoms with Crippen molar-refractivity contribution in [3.05, 3.63) is 66.1 Å². The number of halogens is 1. The van der Waals surface area contributed by atoms with Crippen molar-refractivity contribution in [3.8, 4) is 11.3 Å². The Bertz CT molecular complexity index is 719. The van der Waals surface area contributed by atoms with E-state index in [2.05, 4.69) is 4.98 Å². The maximum absolute atomic E-state index is 13.2. The number of nitrogens with zero attached hydrogens (tertiary/aromatic N) is 1. The van der Waals surface area contributed by atoms with Gasteiger partial charge in [-0.25, -0.2) is 4.39 Å². The number of rotatable bonds is 1. The van der Waals surface area contributed by atoms with Crippen LogP contribution >= 0.6 is 0 Å². The lowest BCUT2D eigenvalue weighted by Crippen LogP contribution is -1.89. The van der Waals surface area contributed by atoms with Crippen LogP contribution in [-0.4, -0.2) is 4.98 Å². The van der Waals surface area contributed by atoms with Gasteiger partial charge in [0, 0.05) is 16.6 Å². The van der Waals surface area contributed by atoms with Gasteiger partial charge in [0.05, 0.1) is 5.69 Å². The first-order valence-electron chi connectivity index (χ1n) is 5.86. The largest absolute Gasteiger partial charge is 0.252 e. The average Bonchev–Trinajstić information content (AvgIpc) is 2.39. The van der Waals surface area contributed by atoms with E-state index in [9.17, 15) is 4.39 Å². The van der Waals surface area contributed by atoms with Gasteiger partial charge in [0.1, 0.15) is 5.82 Å². The molecule has 1 nitrogen and oxygen atoms in total. The molecule has 0 amide bonds. The first kappa shape index (κ1) is 10.9. The van der Waals surface area contributed by atoms with Gasteiger partial charge in [-0.2, -0.15) is 0 Å². The summed E-state index contributed by atoms with van der Waals surface area (Å²) in [6, 6.07) is 16.6. The molecule has 0 saturated heterocycles. The van der Waals surface area contributed by atoms with Crippen LogP contribution in [0.1, 0.15) is 5.69 Å². The van der Waals surface area contributed by atoms with Crippen LogP contribution in [0.2, 0.25) is 0 Å². The summed E-state index contributed by atoms with van der Waals surface area (Å²) in [5.74, 6) is -0.236. The van der Waals surface area contributed by atoms with E-state index in [1.54, 1.807) is 6.07 Å². The molecular formula is C16H12FN. The first-order valence-corrected chi connectivity index (χ1v) is 5.86. The zero-order valence-electron chi connectivity index (χ0n) is 10.0. The zero-order chi connectivity index (χ0) is 12.5. The van der Waals surface area contributed by atoms with Gasteiger partial charge in [0.25, 0.3) is 0 Å². The third kappa shape index (κ3) is 1.86. The Balaban J connectivity index is 2.24. The van der Waals surface area contributed by atoms with Gasteiger partial charge in [0.2, 0.25) is 0 Å². The molecule has 1 aromatic heterocycles. The molecule has 88 valence electrons. The molecule has 0 aliphatic rings. The predicted molar refractivity (Wildman–Crippen MR) is 71.9 cm³/mol. The summed E-state index contributed by atoms with van der Waals surface area (Å²) >= 11 is 0. The van der Waals surface area contributed by atoms with Crippen molar-refractivity contribution in [1.29, 1.82) is 0 Å². The monoisotopic (exact) mass is 237 g/mol. The number of aromatic nitrogens is 1. The van der Waals surface area contributed by atoms with Crippen LogP contribution < -0.4 is 0 Å². The quantitative estimate of drug-likeness (QED) is 0.613. The van der Waals surface area contributed by atoms with Crippen LogP contribution in [0.25, 0.3) is 22.0 Å². The Kier molecular flexibility index (Phi) is 2.56. The van der Waals surface area contributed by atoms with Crippen LogP contribution in [-0.2, 0) is 0 Å². The molecule has 0 unspecified atom stereocenters. The summed E-state index contributed by atoms with van der Waals surface area (Å²) in [5.41, 5.74) is 2.59. The molecule has 0 spiro atoms. The molecule has 0 N–H and O–H groups in total. The van der Waals surface area contributed by atoms with Crippen LogP contribution in [0, 0.1) is 12.7 Å². The van der Waals surface area contributed by atoms with Gasteiger partial charge in [-0.3, -0.25) is 4.98 Å². The second-order valence-corrected chi connectivity index (χ2v) is 4.32. The molecule has 0 aliphatic carbocycles. The van der Waals surface area contributed by atoms with E-state index in [-0.39, 0.29) is 5.82 Å². The van der Waals surface area contributed by atoms with E-state index < -0.39 is 0 Å². The van der Waals surface area contributed by atoms with Crippen molar-refractivity contribution in [2.45, 2.75) is 6.92 Å². The van der Waals surface area contributed by atoms with Crippen molar-refractivity contribution >= 4 is 10.8 Å². The molecule has 0 fully saturated rings. The van der Waals surface area contributed by atoms with E-state index in [0.29, 0.717) is 0 Å². The van der Waals surface area contributed by atoms with Crippen molar-refractivity contribution < 1.29 is 4.39 Å². The Hall–Kier alpha value is -2.22. The van der Waals surface area contributed by atoms with Crippen molar-refractivity contribution in [2.24, 2.45) is 0 Å². The van der Waals surface area contributed by atoms with E-state index in [1.807, 2.05) is 43.3 Å². The number of benzene rings is 2. The summed E-state index contributed by atoms with van der Waals surface area (Å²) in [7, 11) is 0. The lowest BCUT2D eigenvalue weighted by Gasteiger charge is -2.06. The summed E-state index contributed by atoms with van der Waals surface area (Å²) in [6.45, 7) is 1.98. The van der Waals surface area contributed by atoms with Crippen LogP contribution in [0.15, 0.2) is 54.6 Å². The van der Waals surface area contributed by atoms with Gasteiger partial charge < -0.3 is 0 Å². The lowest BCUT2D eigenvalue weighted by atomic mass is 10.1. The smallest absolute Gasteiger partial charge is 0.123 e. The third-order valence-corrected chi connectivity index (χ3v) is 3.05. The van der Waals surface area contributed by atoms with E-state index in [4.69, 9.17) is 0 Å². The molecule has 1 heterocycles. The molecule has 2 aromatic carbocycles. The molecule has 18 heavy (non-hydrogen) atoms. The van der Waals surface area contributed by atoms with Crippen molar-refractivity contribution in [1.82, 2.24) is 4.98 Å². The predicted octanol–water partition coefficient (Wildman–Crippen LogP) is 4.35. The van der Waals surface area contributed by atoms with Gasteiger partial charge in [-0.15, -0.1) is 0 Å². The highest BCUT2D eigenvalue weighted by atomic mass is 19.1. The van der Waals surface area contributed by atoms with Crippen LogP contribution in [0.5, 0.6) is 0 Å². The summed E-state index contributed by atoms with van der Waals surface area (Å²) in [5, 5.41) is 2.27. The fourth-order valence-electron chi connectivity index (χ4n) is 2.17. The first-order chi connectivity index (χ1) is 8.74. The molecule has 3 aromatic rings. The Labute approximate surface area is 105 Å². The topological polar surface area (TPSA) is 12.9 Å². The van der Waals surface area contributed by atoms with Gasteiger partial charge in [0.15, 0.2) is 0 Å². The molecule has 0 saturated carbocycles. The maximum Gasteiger partial charge on any atom is 0.123 e. The van der Waals surface area contributed by atoms with Crippen LogP contribution in [0.3, 0.4) is 0 Å². The molecule has 0 bridgehead atoms. The highest BCUT2D eigenvalue weighted by molar-refractivity contribution is 5.87. The summed E-state index contributed by atoms with van der Waals surface area (Å²) in [4.78, 5) is 4.55. The Morgan fingerprint density at radius 1 is 0.944 bits per heavy atom. The molecule has 3 rings (SSSR count). The van der Waals surface area contributed by atoms with Gasteiger partial charge >= 0.3 is 0 Å². The van der Waals surface area contributed by atoms with Gasteiger partial charge in [-0.05, 0) is 30.5 Å². The number of hydrogen-bond donors (Lipinski definition) is 0. The minimum Gasteiger partial charge on any atom is -0.252 e. The number of fused-ring (bicyclic) bond motifs is 1. The van der Waals surface area contributed by atoms with Crippen molar-refractivity contribution in [3.63, 3.8) is 0 Å². The number of hydrogen-bond acceptors (Lipinski definition) is 1. The number of aryl methyl sites for hydroxylation is 1. The Morgan fingerprint density at radius 2 is 1.78 bits per heavy atom. The van der Waals surface area contributed by atoms with Crippen LogP contribution in [0.4, 0.5) is 4.39 Å². The molecular weight excluding hydrogens is 225 g/mol. The second kappa shape index (κ2) is 4.22. The maximum atomic E-state index is 13.2. The highest BCUT2D eigenvalue weighted by Gasteiger charge is 2.05. The normalized spacial score (nSPS) is 10.8. The minimum atomic E-state index is -0.236. The minimum absolute atomic E-state index is 0.236. The molecule has 0 atom stereocenters. The van der Waals surface area contributed by atoms with Gasteiger partial charge in [-0.1, -0.05) is 36.4 Å². The average molecular weight is 237 g/mol. The summed E-state index contributed by atoms with van der Waals surface area (Å²) in [6.07, 6.45) is 0. The zero-order valence-corrected chi connectivity index (χ0v) is 10.0. The van der Waals surface area contributed by atoms with E-state index in [0.717, 1.165) is 27.7 Å². The fraction of sp³-hybridized carbons (Fsp3) is 0.0625. The SMILES string of the molecule is Cc1nc(-c2cccc(F)c2)cc2ccccc12. The standard InChI is InChI=1S/C16H12FN/c1-11-15-8-3-2-5-12(15)10-16(18-11)13-6-4-7-14(17)9-13/h2-10H,1H3. The second-order valence-electron chi connectivity index (χ2n) is 4.32. The van der Waals surface area contributed by atoms with E-state index >= 15 is 0 Å². The lowest BCUT2D eigenvalue weighted by molar-refractivity contribution is 0.628. The highest BCUT2D eigenvalue weighted by Crippen LogP contribution is 2.24. The molecule has 2 heteroatoms. The Morgan fingerprint density at radius 3 is 2.61 bits per heavy atom. The molecule has 0 aliphatic heterocycles. The molecule has 0 radical (unpaired) electrons. The summed E-state index contributed by atoms with van der Waals surface area (Å²) < 4.78 is 13.2. The third-order valence-electron chi connectivity index (χ3n) is 3.05. The van der Waals surface area contributed by atoms with E-state index in [1.165, 1.54) is 12.1 Å².